The molecule has 1 heterocycles. The van der Waals surface area contributed by atoms with E-state index in [0.29, 0.717) is 0 Å². The molecular weight excluding hydrogens is 393 g/mol. The van der Waals surface area contributed by atoms with Gasteiger partial charge in [0.2, 0.25) is 5.91 Å². The molecule has 0 spiro atoms. The molecule has 0 aromatic heterocycles. The number of hydrogen-bond acceptors (Lipinski definition) is 3. The van der Waals surface area contributed by atoms with Gasteiger partial charge in [0.05, 0.1) is 11.4 Å². The van der Waals surface area contributed by atoms with Crippen molar-refractivity contribution < 1.29 is 4.79 Å². The lowest BCUT2D eigenvalue weighted by Crippen LogP contribution is -2.54. The second-order valence-electron chi connectivity index (χ2n) is 9.38. The van der Waals surface area contributed by atoms with Crippen molar-refractivity contribution in [2.75, 3.05) is 23.7 Å². The molecule has 4 bridgehead atoms. The molecule has 4 saturated carbocycles. The highest BCUT2D eigenvalue weighted by Gasteiger charge is 2.51. The van der Waals surface area contributed by atoms with E-state index in [4.69, 9.17) is 0 Å². The van der Waals surface area contributed by atoms with Crippen LogP contribution in [0.1, 0.15) is 51.4 Å². The van der Waals surface area contributed by atoms with Crippen LogP contribution in [-0.4, -0.2) is 24.5 Å². The molecule has 4 aliphatic carbocycles. The quantitative estimate of drug-likeness (QED) is 0.645. The first-order valence-electron chi connectivity index (χ1n) is 10.6. The van der Waals surface area contributed by atoms with Gasteiger partial charge in [-0.05, 0) is 94.3 Å². The van der Waals surface area contributed by atoms with Gasteiger partial charge in [-0.25, -0.2) is 0 Å². The van der Waals surface area contributed by atoms with Gasteiger partial charge >= 0.3 is 0 Å². The summed E-state index contributed by atoms with van der Waals surface area (Å²) in [6.45, 7) is 1.90. The Bertz CT molecular complexity index is 655. The van der Waals surface area contributed by atoms with E-state index < -0.39 is 0 Å². The van der Waals surface area contributed by atoms with Crippen molar-refractivity contribution in [2.45, 2.75) is 56.9 Å². The van der Waals surface area contributed by atoms with Gasteiger partial charge in [-0.1, -0.05) is 12.1 Å². The molecule has 28 heavy (non-hydrogen) atoms. The maximum Gasteiger partial charge on any atom is 0.227 e. The molecular formula is C22H33Cl2N3O. The van der Waals surface area contributed by atoms with Gasteiger partial charge in [0, 0.05) is 11.5 Å². The third-order valence-corrected chi connectivity index (χ3v) is 7.33. The first-order chi connectivity index (χ1) is 12.7. The first-order valence-corrected chi connectivity index (χ1v) is 10.6. The van der Waals surface area contributed by atoms with Gasteiger partial charge in [0.1, 0.15) is 0 Å². The molecule has 1 aromatic carbocycles. The molecule has 0 atom stereocenters. The third-order valence-electron chi connectivity index (χ3n) is 7.33. The molecule has 156 valence electrons. The molecule has 4 nitrogen and oxygen atoms in total. The van der Waals surface area contributed by atoms with Crippen molar-refractivity contribution in [3.8, 4) is 0 Å². The van der Waals surface area contributed by atoms with Crippen LogP contribution in [0.3, 0.4) is 0 Å². The zero-order chi connectivity index (χ0) is 17.6. The van der Waals surface area contributed by atoms with E-state index in [1.165, 1.54) is 38.5 Å². The standard InChI is InChI=1S/C22H31N3O.2ClH/c26-21(18-5-7-23-8-6-18)24-19-3-1-2-4-20(19)25-22-12-15-9-16(13-22)11-17(10-15)14-22;;/h1-4,15-18,23,25H,5-14H2,(H,24,26);2*1H. The molecule has 0 radical (unpaired) electrons. The van der Waals surface area contributed by atoms with E-state index in [2.05, 4.69) is 34.1 Å². The van der Waals surface area contributed by atoms with Gasteiger partial charge in [-0.15, -0.1) is 24.8 Å². The van der Waals surface area contributed by atoms with Crippen molar-refractivity contribution in [2.24, 2.45) is 23.7 Å². The van der Waals surface area contributed by atoms with E-state index in [0.717, 1.165) is 55.1 Å². The molecule has 1 aliphatic heterocycles. The van der Waals surface area contributed by atoms with E-state index in [9.17, 15) is 4.79 Å². The van der Waals surface area contributed by atoms with Crippen LogP contribution < -0.4 is 16.0 Å². The van der Waals surface area contributed by atoms with Gasteiger partial charge in [-0.2, -0.15) is 0 Å². The molecule has 1 amide bonds. The number of nitrogens with one attached hydrogen (secondary N) is 3. The lowest BCUT2D eigenvalue weighted by atomic mass is 9.53. The molecule has 0 unspecified atom stereocenters. The minimum atomic E-state index is 0. The number of carbonyl (C=O) groups is 1. The van der Waals surface area contributed by atoms with Crippen LogP contribution in [-0.2, 0) is 4.79 Å². The Kier molecular flexibility index (Phi) is 6.84. The largest absolute Gasteiger partial charge is 0.378 e. The van der Waals surface area contributed by atoms with Crippen LogP contribution in [0.15, 0.2) is 24.3 Å². The van der Waals surface area contributed by atoms with E-state index in [1.807, 2.05) is 6.07 Å². The number of carbonyl (C=O) groups excluding carboxylic acids is 1. The molecule has 5 fully saturated rings. The number of anilines is 2. The maximum absolute atomic E-state index is 12.7. The summed E-state index contributed by atoms with van der Waals surface area (Å²) in [6, 6.07) is 8.32. The Morgan fingerprint density at radius 1 is 0.893 bits per heavy atom. The minimum Gasteiger partial charge on any atom is -0.378 e. The number of halogens is 2. The number of rotatable bonds is 4. The van der Waals surface area contributed by atoms with Crippen molar-refractivity contribution in [3.05, 3.63) is 24.3 Å². The molecule has 3 N–H and O–H groups in total. The fourth-order valence-corrected chi connectivity index (χ4v) is 6.57. The summed E-state index contributed by atoms with van der Waals surface area (Å²) in [5, 5.41) is 10.5. The van der Waals surface area contributed by atoms with E-state index in [1.54, 1.807) is 0 Å². The number of para-hydroxylation sites is 2. The van der Waals surface area contributed by atoms with Crippen molar-refractivity contribution >= 4 is 42.1 Å². The van der Waals surface area contributed by atoms with Gasteiger partial charge < -0.3 is 16.0 Å². The summed E-state index contributed by atoms with van der Waals surface area (Å²) in [5.41, 5.74) is 2.35. The van der Waals surface area contributed by atoms with Crippen LogP contribution in [0.25, 0.3) is 0 Å². The second-order valence-corrected chi connectivity index (χ2v) is 9.38. The predicted octanol–water partition coefficient (Wildman–Crippen LogP) is 4.85. The Balaban J connectivity index is 0.00000112. The number of amides is 1. The molecule has 6 heteroatoms. The summed E-state index contributed by atoms with van der Waals surface area (Å²) in [7, 11) is 0. The van der Waals surface area contributed by atoms with Crippen LogP contribution in [0.4, 0.5) is 11.4 Å². The third kappa shape index (κ3) is 4.29. The van der Waals surface area contributed by atoms with Crippen LogP contribution in [0, 0.1) is 23.7 Å². The topological polar surface area (TPSA) is 53.2 Å². The summed E-state index contributed by atoms with van der Waals surface area (Å²) in [6.07, 6.45) is 10.2. The summed E-state index contributed by atoms with van der Waals surface area (Å²) < 4.78 is 0. The SMILES string of the molecule is Cl.Cl.O=C(Nc1ccccc1NC12CC3CC(CC(C3)C1)C2)C1CCNCC1. The monoisotopic (exact) mass is 425 g/mol. The minimum absolute atomic E-state index is 0. The Morgan fingerprint density at radius 3 is 2.00 bits per heavy atom. The van der Waals surface area contributed by atoms with E-state index in [-0.39, 0.29) is 42.2 Å². The van der Waals surface area contributed by atoms with Crippen molar-refractivity contribution in [1.82, 2.24) is 5.32 Å². The highest BCUT2D eigenvalue weighted by molar-refractivity contribution is 5.95. The van der Waals surface area contributed by atoms with Gasteiger partial charge in [0.25, 0.3) is 0 Å². The average Bonchev–Trinajstić information content (AvgIpc) is 2.63. The van der Waals surface area contributed by atoms with Crippen LogP contribution in [0.5, 0.6) is 0 Å². The Labute approximate surface area is 180 Å². The number of piperidine rings is 1. The van der Waals surface area contributed by atoms with Crippen molar-refractivity contribution in [1.29, 1.82) is 0 Å². The second kappa shape index (κ2) is 8.81. The predicted molar refractivity (Wildman–Crippen MR) is 120 cm³/mol. The molecule has 1 aromatic rings. The lowest BCUT2D eigenvalue weighted by molar-refractivity contribution is -0.120. The zero-order valence-electron chi connectivity index (χ0n) is 16.4. The van der Waals surface area contributed by atoms with Gasteiger partial charge in [-0.3, -0.25) is 4.79 Å². The average molecular weight is 426 g/mol. The number of hydrogen-bond donors (Lipinski definition) is 3. The Hall–Kier alpha value is -0.970. The summed E-state index contributed by atoms with van der Waals surface area (Å²) in [4.78, 5) is 12.7. The van der Waals surface area contributed by atoms with Gasteiger partial charge in [0.15, 0.2) is 0 Å². The van der Waals surface area contributed by atoms with Crippen LogP contribution >= 0.6 is 24.8 Å². The highest BCUT2D eigenvalue weighted by Crippen LogP contribution is 2.56. The normalized spacial score (nSPS) is 33.5. The fraction of sp³-hybridized carbons (Fsp3) is 0.682. The lowest BCUT2D eigenvalue weighted by Gasteiger charge is -2.57. The van der Waals surface area contributed by atoms with Crippen LogP contribution in [0.2, 0.25) is 0 Å². The highest BCUT2D eigenvalue weighted by atomic mass is 35.5. The molecule has 5 aliphatic rings. The summed E-state index contributed by atoms with van der Waals surface area (Å²) in [5.74, 6) is 3.09. The molecule has 1 saturated heterocycles. The number of benzene rings is 1. The summed E-state index contributed by atoms with van der Waals surface area (Å²) >= 11 is 0. The smallest absolute Gasteiger partial charge is 0.227 e. The van der Waals surface area contributed by atoms with Crippen molar-refractivity contribution in [3.63, 3.8) is 0 Å². The molecule has 6 rings (SSSR count). The Morgan fingerprint density at radius 2 is 1.43 bits per heavy atom. The zero-order valence-corrected chi connectivity index (χ0v) is 18.0. The fourth-order valence-electron chi connectivity index (χ4n) is 6.57. The first kappa shape index (κ1) is 21.7. The van der Waals surface area contributed by atoms with E-state index >= 15 is 0 Å². The maximum atomic E-state index is 12.7.